The first-order valence-corrected chi connectivity index (χ1v) is 5.84. The lowest BCUT2D eigenvalue weighted by Crippen LogP contribution is -2.25. The van der Waals surface area contributed by atoms with Gasteiger partial charge in [-0.25, -0.2) is 0 Å². The van der Waals surface area contributed by atoms with Gasteiger partial charge >= 0.3 is 0 Å². The zero-order valence-electron chi connectivity index (χ0n) is 8.83. The van der Waals surface area contributed by atoms with Crippen LogP contribution in [-0.2, 0) is 0 Å². The Bertz CT molecular complexity index is 952. The van der Waals surface area contributed by atoms with E-state index in [0.717, 1.165) is 0 Å². The van der Waals surface area contributed by atoms with Crippen molar-refractivity contribution in [3.05, 3.63) is 53.6 Å². The van der Waals surface area contributed by atoms with E-state index in [0.29, 0.717) is 15.4 Å². The SMILES string of the molecule is O=c1[nH][nH]c(=O)c2c(=O)c3c(Br)cccc3[nH]c12. The Hall–Kier alpha value is -2.15. The van der Waals surface area contributed by atoms with E-state index in [-0.39, 0.29) is 10.9 Å². The average molecular weight is 308 g/mol. The maximum atomic E-state index is 12.3. The molecule has 3 N–H and O–H groups in total. The minimum Gasteiger partial charge on any atom is -0.350 e. The van der Waals surface area contributed by atoms with Crippen LogP contribution in [-0.4, -0.2) is 15.2 Å². The summed E-state index contributed by atoms with van der Waals surface area (Å²) in [6.07, 6.45) is 0. The smallest absolute Gasteiger partial charge is 0.287 e. The molecule has 7 heteroatoms. The Morgan fingerprint density at radius 2 is 1.67 bits per heavy atom. The number of H-pyrrole nitrogens is 3. The zero-order valence-corrected chi connectivity index (χ0v) is 10.4. The van der Waals surface area contributed by atoms with Gasteiger partial charge in [0.25, 0.3) is 11.1 Å². The summed E-state index contributed by atoms with van der Waals surface area (Å²) in [4.78, 5) is 38.3. The Kier molecular flexibility index (Phi) is 2.24. The van der Waals surface area contributed by atoms with E-state index in [1.165, 1.54) is 0 Å². The molecule has 0 saturated carbocycles. The minimum atomic E-state index is -0.622. The highest BCUT2D eigenvalue weighted by Crippen LogP contribution is 2.19. The van der Waals surface area contributed by atoms with Crippen LogP contribution >= 0.6 is 15.9 Å². The summed E-state index contributed by atoms with van der Waals surface area (Å²) in [6, 6.07) is 5.10. The van der Waals surface area contributed by atoms with Crippen molar-refractivity contribution in [2.24, 2.45) is 0 Å². The second-order valence-corrected chi connectivity index (χ2v) is 4.63. The van der Waals surface area contributed by atoms with Gasteiger partial charge in [-0.3, -0.25) is 24.6 Å². The number of benzene rings is 1. The zero-order chi connectivity index (χ0) is 12.9. The summed E-state index contributed by atoms with van der Waals surface area (Å²) in [5, 5.41) is 4.49. The number of pyridine rings is 1. The third kappa shape index (κ3) is 1.37. The van der Waals surface area contributed by atoms with Crippen LogP contribution in [0.5, 0.6) is 0 Å². The normalized spacial score (nSPS) is 11.2. The molecule has 0 bridgehead atoms. The second kappa shape index (κ2) is 3.67. The van der Waals surface area contributed by atoms with Gasteiger partial charge in [-0.1, -0.05) is 6.07 Å². The van der Waals surface area contributed by atoms with Gasteiger partial charge in [0.1, 0.15) is 10.9 Å². The predicted octanol–water partition coefficient (Wildman–Crippen LogP) is 0.820. The van der Waals surface area contributed by atoms with Gasteiger partial charge in [0.15, 0.2) is 0 Å². The molecule has 1 aromatic carbocycles. The fourth-order valence-corrected chi connectivity index (χ4v) is 2.47. The van der Waals surface area contributed by atoms with E-state index in [2.05, 4.69) is 31.1 Å². The van der Waals surface area contributed by atoms with Crippen molar-refractivity contribution >= 4 is 37.7 Å². The van der Waals surface area contributed by atoms with Crippen LogP contribution in [0, 0.1) is 0 Å². The van der Waals surface area contributed by atoms with Crippen LogP contribution in [0.3, 0.4) is 0 Å². The topological polar surface area (TPSA) is 98.6 Å². The molecule has 0 saturated heterocycles. The van der Waals surface area contributed by atoms with Crippen LogP contribution in [0.4, 0.5) is 0 Å². The largest absolute Gasteiger partial charge is 0.350 e. The van der Waals surface area contributed by atoms with Gasteiger partial charge in [-0.2, -0.15) is 0 Å². The number of nitrogens with one attached hydrogen (secondary N) is 3. The number of halogens is 1. The van der Waals surface area contributed by atoms with Crippen LogP contribution in [0.2, 0.25) is 0 Å². The Labute approximate surface area is 107 Å². The Morgan fingerprint density at radius 1 is 0.944 bits per heavy atom. The van der Waals surface area contributed by atoms with Crippen molar-refractivity contribution in [2.45, 2.75) is 0 Å². The fourth-order valence-electron chi connectivity index (χ4n) is 1.92. The molecule has 0 aliphatic rings. The lowest BCUT2D eigenvalue weighted by atomic mass is 10.1. The fraction of sp³-hybridized carbons (Fsp3) is 0. The van der Waals surface area contributed by atoms with Crippen LogP contribution < -0.4 is 16.5 Å². The van der Waals surface area contributed by atoms with Crippen molar-refractivity contribution in [1.29, 1.82) is 0 Å². The molecule has 0 radical (unpaired) electrons. The van der Waals surface area contributed by atoms with E-state index >= 15 is 0 Å². The molecule has 90 valence electrons. The molecule has 2 aromatic heterocycles. The molecule has 0 fully saturated rings. The second-order valence-electron chi connectivity index (χ2n) is 3.77. The molecule has 0 amide bonds. The maximum absolute atomic E-state index is 12.3. The molecule has 2 heterocycles. The highest BCUT2D eigenvalue weighted by Gasteiger charge is 2.12. The third-order valence-electron chi connectivity index (χ3n) is 2.72. The predicted molar refractivity (Wildman–Crippen MR) is 71.0 cm³/mol. The molecule has 0 atom stereocenters. The summed E-state index contributed by atoms with van der Waals surface area (Å²) in [6.45, 7) is 0. The number of aromatic amines is 3. The molecular weight excluding hydrogens is 302 g/mol. The number of rotatable bonds is 0. The molecule has 0 unspecified atom stereocenters. The van der Waals surface area contributed by atoms with Crippen molar-refractivity contribution in [1.82, 2.24) is 15.2 Å². The molecule has 3 aromatic rings. The molecule has 18 heavy (non-hydrogen) atoms. The summed E-state index contributed by atoms with van der Waals surface area (Å²) in [7, 11) is 0. The molecular formula is C11H6BrN3O3. The van der Waals surface area contributed by atoms with Gasteiger partial charge in [0, 0.05) is 4.47 Å². The summed E-state index contributed by atoms with van der Waals surface area (Å²) in [5.74, 6) is 0. The molecule has 0 aliphatic carbocycles. The van der Waals surface area contributed by atoms with Crippen LogP contribution in [0.1, 0.15) is 0 Å². The van der Waals surface area contributed by atoms with E-state index < -0.39 is 16.5 Å². The first kappa shape index (κ1) is 11.0. The highest BCUT2D eigenvalue weighted by molar-refractivity contribution is 9.10. The highest BCUT2D eigenvalue weighted by atomic mass is 79.9. The summed E-state index contributed by atoms with van der Waals surface area (Å²) >= 11 is 3.26. The van der Waals surface area contributed by atoms with Gasteiger partial charge in [-0.05, 0) is 28.1 Å². The first-order valence-electron chi connectivity index (χ1n) is 5.05. The number of hydrogen-bond acceptors (Lipinski definition) is 3. The van der Waals surface area contributed by atoms with E-state index in [1.807, 2.05) is 0 Å². The lowest BCUT2D eigenvalue weighted by Gasteiger charge is -2.02. The Balaban J connectivity index is 2.80. The van der Waals surface area contributed by atoms with Crippen molar-refractivity contribution in [3.8, 4) is 0 Å². The summed E-state index contributed by atoms with van der Waals surface area (Å²) in [5.41, 5.74) is -1.15. The van der Waals surface area contributed by atoms with Crippen LogP contribution in [0.15, 0.2) is 37.1 Å². The van der Waals surface area contributed by atoms with Gasteiger partial charge in [0.05, 0.1) is 10.9 Å². The number of hydrogen-bond donors (Lipinski definition) is 3. The first-order chi connectivity index (χ1) is 8.59. The maximum Gasteiger partial charge on any atom is 0.287 e. The van der Waals surface area contributed by atoms with E-state index in [1.54, 1.807) is 18.2 Å². The van der Waals surface area contributed by atoms with Crippen LogP contribution in [0.25, 0.3) is 21.8 Å². The average Bonchev–Trinajstić information content (AvgIpc) is 2.34. The van der Waals surface area contributed by atoms with E-state index in [4.69, 9.17) is 0 Å². The van der Waals surface area contributed by atoms with Gasteiger partial charge in [-0.15, -0.1) is 0 Å². The van der Waals surface area contributed by atoms with Gasteiger partial charge in [0.2, 0.25) is 5.43 Å². The van der Waals surface area contributed by atoms with E-state index in [9.17, 15) is 14.4 Å². The summed E-state index contributed by atoms with van der Waals surface area (Å²) < 4.78 is 0.572. The third-order valence-corrected chi connectivity index (χ3v) is 3.38. The molecule has 0 aliphatic heterocycles. The van der Waals surface area contributed by atoms with Crippen molar-refractivity contribution in [2.75, 3.05) is 0 Å². The molecule has 0 spiro atoms. The lowest BCUT2D eigenvalue weighted by molar-refractivity contribution is 0.970. The van der Waals surface area contributed by atoms with Crippen molar-refractivity contribution in [3.63, 3.8) is 0 Å². The number of fused-ring (bicyclic) bond motifs is 2. The standard InChI is InChI=1S/C11H6BrN3O3/c12-4-2-1-3-5-6(4)9(16)7-8(13-5)11(18)15-14-10(7)17/h1-3H,(H,13,16)(H,14,17)(H,15,18). The molecule has 3 rings (SSSR count). The monoisotopic (exact) mass is 307 g/mol. The minimum absolute atomic E-state index is 0.0191. The quantitative estimate of drug-likeness (QED) is 0.536. The van der Waals surface area contributed by atoms with Gasteiger partial charge < -0.3 is 4.98 Å². The Morgan fingerprint density at radius 3 is 2.44 bits per heavy atom. The number of aromatic nitrogens is 3. The molecule has 6 nitrogen and oxygen atoms in total. The van der Waals surface area contributed by atoms with Crippen molar-refractivity contribution < 1.29 is 0 Å².